The Balaban J connectivity index is 0.00000288. The van der Waals surface area contributed by atoms with Crippen molar-refractivity contribution in [3.63, 3.8) is 0 Å². The van der Waals surface area contributed by atoms with Crippen LogP contribution in [0.15, 0.2) is 34.2 Å². The number of unbranched alkanes of at least 4 members (excludes halogenated alkanes) is 1. The van der Waals surface area contributed by atoms with Gasteiger partial charge in [0.15, 0.2) is 0 Å². The number of carbonyl (C=O) groups is 1. The van der Waals surface area contributed by atoms with E-state index in [-0.39, 0.29) is 23.2 Å². The molecule has 134 valence electrons. The van der Waals surface area contributed by atoms with E-state index in [1.165, 1.54) is 0 Å². The van der Waals surface area contributed by atoms with Crippen LogP contribution in [0.1, 0.15) is 31.2 Å². The van der Waals surface area contributed by atoms with Crippen LogP contribution in [0.25, 0.3) is 0 Å². The molecule has 1 aliphatic rings. The molecule has 0 radical (unpaired) electrons. The van der Waals surface area contributed by atoms with E-state index < -0.39 is 10.0 Å². The fourth-order valence-corrected chi connectivity index (χ4v) is 3.52. The van der Waals surface area contributed by atoms with E-state index in [2.05, 4.69) is 15.0 Å². The largest absolute Gasteiger partial charge is 0.356 e. The van der Waals surface area contributed by atoms with E-state index in [0.717, 1.165) is 12.8 Å². The minimum absolute atomic E-state index is 0. The van der Waals surface area contributed by atoms with Crippen LogP contribution in [-0.4, -0.2) is 39.8 Å². The summed E-state index contributed by atoms with van der Waals surface area (Å²) in [6.07, 6.45) is 2.71. The summed E-state index contributed by atoms with van der Waals surface area (Å²) in [5, 5.41) is 2.82. The molecule has 0 saturated carbocycles. The molecule has 0 aliphatic carbocycles. The second-order valence-electron chi connectivity index (χ2n) is 5.28. The Morgan fingerprint density at radius 3 is 2.71 bits per heavy atom. The lowest BCUT2D eigenvalue weighted by Gasteiger charge is -2.04. The van der Waals surface area contributed by atoms with Crippen molar-refractivity contribution in [2.75, 3.05) is 19.6 Å². The summed E-state index contributed by atoms with van der Waals surface area (Å²) >= 11 is 0. The van der Waals surface area contributed by atoms with E-state index in [1.54, 1.807) is 24.3 Å². The van der Waals surface area contributed by atoms with E-state index in [4.69, 9.17) is 5.73 Å². The SMILES string of the molecule is Cl.NCCCCNC(=O)CCCN=C1NS(=O)(=O)c2ccccc21. The predicted molar refractivity (Wildman–Crippen MR) is 95.9 cm³/mol. The molecule has 1 aromatic carbocycles. The monoisotopic (exact) mass is 374 g/mol. The molecule has 0 saturated heterocycles. The summed E-state index contributed by atoms with van der Waals surface area (Å²) in [6.45, 7) is 1.66. The molecular weight excluding hydrogens is 352 g/mol. The zero-order valence-electron chi connectivity index (χ0n) is 13.3. The van der Waals surface area contributed by atoms with Gasteiger partial charge in [-0.1, -0.05) is 12.1 Å². The van der Waals surface area contributed by atoms with Crippen molar-refractivity contribution in [3.05, 3.63) is 29.8 Å². The number of amides is 1. The van der Waals surface area contributed by atoms with Gasteiger partial charge in [0, 0.05) is 25.1 Å². The molecule has 24 heavy (non-hydrogen) atoms. The van der Waals surface area contributed by atoms with Gasteiger partial charge >= 0.3 is 0 Å². The van der Waals surface area contributed by atoms with Gasteiger partial charge in [-0.05, 0) is 37.9 Å². The third-order valence-electron chi connectivity index (χ3n) is 3.45. The Bertz CT molecular complexity index is 692. The van der Waals surface area contributed by atoms with Crippen LogP contribution in [0.3, 0.4) is 0 Å². The Labute approximate surface area is 148 Å². The topological polar surface area (TPSA) is 114 Å². The maximum absolute atomic E-state index is 11.9. The summed E-state index contributed by atoms with van der Waals surface area (Å²) in [5.41, 5.74) is 5.96. The minimum Gasteiger partial charge on any atom is -0.356 e. The number of hydrogen-bond acceptors (Lipinski definition) is 5. The number of rotatable bonds is 8. The third-order valence-corrected chi connectivity index (χ3v) is 4.84. The number of hydrogen-bond donors (Lipinski definition) is 3. The molecule has 1 aliphatic heterocycles. The van der Waals surface area contributed by atoms with Gasteiger partial charge in [0.25, 0.3) is 10.0 Å². The van der Waals surface area contributed by atoms with E-state index >= 15 is 0 Å². The van der Waals surface area contributed by atoms with E-state index in [0.29, 0.717) is 43.9 Å². The highest BCUT2D eigenvalue weighted by molar-refractivity contribution is 7.90. The molecule has 0 fully saturated rings. The van der Waals surface area contributed by atoms with E-state index in [9.17, 15) is 13.2 Å². The Hall–Kier alpha value is -1.64. The normalized spacial score (nSPS) is 16.1. The van der Waals surface area contributed by atoms with Gasteiger partial charge in [0.2, 0.25) is 5.91 Å². The highest BCUT2D eigenvalue weighted by Crippen LogP contribution is 2.22. The smallest absolute Gasteiger partial charge is 0.263 e. The molecule has 1 aromatic rings. The molecule has 2 rings (SSSR count). The molecule has 0 aromatic heterocycles. The van der Waals surface area contributed by atoms with E-state index in [1.807, 2.05) is 0 Å². The molecule has 0 atom stereocenters. The van der Waals surface area contributed by atoms with Crippen LogP contribution < -0.4 is 15.8 Å². The average Bonchev–Trinajstić information content (AvgIpc) is 2.80. The van der Waals surface area contributed by atoms with Gasteiger partial charge in [0.05, 0.1) is 4.90 Å². The highest BCUT2D eigenvalue weighted by Gasteiger charge is 2.29. The van der Waals surface area contributed by atoms with Gasteiger partial charge in [-0.15, -0.1) is 12.4 Å². The zero-order valence-corrected chi connectivity index (χ0v) is 15.0. The summed E-state index contributed by atoms with van der Waals surface area (Å²) in [6, 6.07) is 6.71. The Morgan fingerprint density at radius 2 is 1.96 bits per heavy atom. The molecule has 0 unspecified atom stereocenters. The van der Waals surface area contributed by atoms with Crippen LogP contribution >= 0.6 is 12.4 Å². The maximum atomic E-state index is 11.9. The van der Waals surface area contributed by atoms with Gasteiger partial charge in [-0.25, -0.2) is 8.42 Å². The van der Waals surface area contributed by atoms with Crippen molar-refractivity contribution in [2.45, 2.75) is 30.6 Å². The third kappa shape index (κ3) is 5.47. The van der Waals surface area contributed by atoms with Crippen molar-refractivity contribution in [3.8, 4) is 0 Å². The predicted octanol–water partition coefficient (Wildman–Crippen LogP) is 0.782. The second-order valence-corrected chi connectivity index (χ2v) is 6.93. The summed E-state index contributed by atoms with van der Waals surface area (Å²) < 4.78 is 26.3. The van der Waals surface area contributed by atoms with Crippen LogP contribution in [0, 0.1) is 0 Å². The fourth-order valence-electron chi connectivity index (χ4n) is 2.27. The Kier molecular flexibility index (Phi) is 8.17. The van der Waals surface area contributed by atoms with Crippen molar-refractivity contribution in [2.24, 2.45) is 10.7 Å². The number of amidine groups is 1. The number of fused-ring (bicyclic) bond motifs is 1. The number of aliphatic imine (C=N–C) groups is 1. The fraction of sp³-hybridized carbons (Fsp3) is 0.467. The Morgan fingerprint density at radius 1 is 1.21 bits per heavy atom. The van der Waals surface area contributed by atoms with Gasteiger partial charge < -0.3 is 11.1 Å². The van der Waals surface area contributed by atoms with Crippen LogP contribution in [-0.2, 0) is 14.8 Å². The number of nitrogens with two attached hydrogens (primary N) is 1. The highest BCUT2D eigenvalue weighted by atomic mass is 35.5. The maximum Gasteiger partial charge on any atom is 0.263 e. The first kappa shape index (κ1) is 20.4. The second kappa shape index (κ2) is 9.61. The number of benzene rings is 1. The first-order chi connectivity index (χ1) is 11.0. The van der Waals surface area contributed by atoms with Crippen molar-refractivity contribution >= 4 is 34.2 Å². The molecule has 9 heteroatoms. The quantitative estimate of drug-likeness (QED) is 0.583. The molecular formula is C15H23ClN4O3S. The average molecular weight is 375 g/mol. The first-order valence-electron chi connectivity index (χ1n) is 7.68. The number of nitrogens with one attached hydrogen (secondary N) is 2. The molecule has 7 nitrogen and oxygen atoms in total. The first-order valence-corrected chi connectivity index (χ1v) is 9.16. The molecule has 1 amide bonds. The number of carbonyl (C=O) groups excluding carboxylic acids is 1. The summed E-state index contributed by atoms with van der Waals surface area (Å²) in [4.78, 5) is 16.1. The van der Waals surface area contributed by atoms with Crippen LogP contribution in [0.2, 0.25) is 0 Å². The number of halogens is 1. The number of nitrogens with zero attached hydrogens (tertiary/aromatic N) is 1. The lowest BCUT2D eigenvalue weighted by atomic mass is 10.2. The molecule has 0 spiro atoms. The van der Waals surface area contributed by atoms with Gasteiger partial charge in [-0.2, -0.15) is 0 Å². The van der Waals surface area contributed by atoms with Crippen molar-refractivity contribution in [1.82, 2.24) is 10.0 Å². The molecule has 1 heterocycles. The lowest BCUT2D eigenvalue weighted by Crippen LogP contribution is -2.25. The zero-order chi connectivity index (χ0) is 16.7. The molecule has 0 bridgehead atoms. The van der Waals surface area contributed by atoms with Crippen molar-refractivity contribution in [1.29, 1.82) is 0 Å². The van der Waals surface area contributed by atoms with Gasteiger partial charge in [-0.3, -0.25) is 14.5 Å². The van der Waals surface area contributed by atoms with Crippen molar-refractivity contribution < 1.29 is 13.2 Å². The standard InChI is InChI=1S/C15H22N4O3S.ClH/c16-9-3-4-10-17-14(20)8-5-11-18-15-12-6-1-2-7-13(12)23(21,22)19-15;/h1-2,6-7H,3-5,8-11,16H2,(H,17,20)(H,18,19);1H. The van der Waals surface area contributed by atoms with Crippen LogP contribution in [0.5, 0.6) is 0 Å². The van der Waals surface area contributed by atoms with Gasteiger partial charge in [0.1, 0.15) is 5.84 Å². The summed E-state index contributed by atoms with van der Waals surface area (Å²) in [7, 11) is -3.50. The lowest BCUT2D eigenvalue weighted by molar-refractivity contribution is -0.121. The minimum atomic E-state index is -3.50. The molecule has 4 N–H and O–H groups in total. The van der Waals surface area contributed by atoms with Crippen LogP contribution in [0.4, 0.5) is 0 Å². The summed E-state index contributed by atoms with van der Waals surface area (Å²) in [5.74, 6) is 0.332. The number of sulfonamides is 1.